The van der Waals surface area contributed by atoms with E-state index in [1.165, 1.54) is 11.1 Å². The van der Waals surface area contributed by atoms with Crippen LogP contribution in [0.1, 0.15) is 31.9 Å². The van der Waals surface area contributed by atoms with E-state index >= 15 is 0 Å². The molecule has 0 fully saturated rings. The average molecular weight is 207 g/mol. The molecule has 0 aliphatic rings. The van der Waals surface area contributed by atoms with E-state index in [4.69, 9.17) is 5.11 Å². The minimum atomic E-state index is 0.166. The lowest BCUT2D eigenvalue weighted by Crippen LogP contribution is -2.13. The van der Waals surface area contributed by atoms with E-state index in [9.17, 15) is 0 Å². The van der Waals surface area contributed by atoms with Crippen LogP contribution in [0.3, 0.4) is 0 Å². The summed E-state index contributed by atoms with van der Waals surface area (Å²) in [6.45, 7) is 9.45. The van der Waals surface area contributed by atoms with Crippen molar-refractivity contribution in [1.82, 2.24) is 0 Å². The molecular weight excluding hydrogens is 186 g/mol. The highest BCUT2D eigenvalue weighted by molar-refractivity contribution is 5.53. The van der Waals surface area contributed by atoms with Crippen molar-refractivity contribution in [2.45, 2.75) is 33.1 Å². The lowest BCUT2D eigenvalue weighted by Gasteiger charge is -2.21. The van der Waals surface area contributed by atoms with Crippen molar-refractivity contribution < 1.29 is 5.11 Å². The Hall–Kier alpha value is -1.02. The molecule has 1 rings (SSSR count). The van der Waals surface area contributed by atoms with Crippen molar-refractivity contribution in [3.8, 4) is 0 Å². The van der Waals surface area contributed by atoms with Gasteiger partial charge in [-0.3, -0.25) is 0 Å². The first-order valence-electron chi connectivity index (χ1n) is 5.41. The Kier molecular flexibility index (Phi) is 3.75. The molecule has 2 heteroatoms. The van der Waals surface area contributed by atoms with Crippen molar-refractivity contribution in [2.24, 2.45) is 0 Å². The van der Waals surface area contributed by atoms with Crippen molar-refractivity contribution in [1.29, 1.82) is 0 Å². The standard InChI is InChI=1S/C13H21NO/c1-10-5-6-11(13(2,3)4)9-12(10)14-7-8-15/h5-6,9,14-15H,7-8H2,1-4H3. The highest BCUT2D eigenvalue weighted by Gasteiger charge is 2.14. The van der Waals surface area contributed by atoms with Gasteiger partial charge in [-0.25, -0.2) is 0 Å². The molecule has 0 saturated heterocycles. The Morgan fingerprint density at radius 2 is 1.93 bits per heavy atom. The van der Waals surface area contributed by atoms with Crippen LogP contribution in [0.2, 0.25) is 0 Å². The topological polar surface area (TPSA) is 32.3 Å². The van der Waals surface area contributed by atoms with E-state index in [0.29, 0.717) is 6.54 Å². The van der Waals surface area contributed by atoms with Crippen LogP contribution in [0.5, 0.6) is 0 Å². The normalized spacial score (nSPS) is 11.5. The summed E-state index contributed by atoms with van der Waals surface area (Å²) in [4.78, 5) is 0. The summed E-state index contributed by atoms with van der Waals surface area (Å²) in [5.41, 5.74) is 3.82. The molecule has 0 atom stereocenters. The monoisotopic (exact) mass is 207 g/mol. The van der Waals surface area contributed by atoms with Gasteiger partial charge >= 0.3 is 0 Å². The van der Waals surface area contributed by atoms with Crippen LogP contribution in [0.4, 0.5) is 5.69 Å². The largest absolute Gasteiger partial charge is 0.395 e. The Labute approximate surface area is 92.3 Å². The maximum Gasteiger partial charge on any atom is 0.0604 e. The van der Waals surface area contributed by atoms with Gasteiger partial charge in [-0.05, 0) is 29.5 Å². The molecule has 2 N–H and O–H groups in total. The first-order valence-corrected chi connectivity index (χ1v) is 5.41. The summed E-state index contributed by atoms with van der Waals surface area (Å²) in [6.07, 6.45) is 0. The molecule has 0 bridgehead atoms. The lowest BCUT2D eigenvalue weighted by atomic mass is 9.86. The summed E-state index contributed by atoms with van der Waals surface area (Å²) in [5, 5.41) is 12.0. The predicted molar refractivity (Wildman–Crippen MR) is 65.5 cm³/mol. The summed E-state index contributed by atoms with van der Waals surface area (Å²) >= 11 is 0. The Bertz CT molecular complexity index is 326. The zero-order valence-electron chi connectivity index (χ0n) is 10.1. The number of anilines is 1. The fourth-order valence-electron chi connectivity index (χ4n) is 1.47. The molecule has 0 saturated carbocycles. The number of nitrogens with one attached hydrogen (secondary N) is 1. The van der Waals surface area contributed by atoms with Crippen LogP contribution in [0.15, 0.2) is 18.2 Å². The first-order chi connectivity index (χ1) is 6.95. The van der Waals surface area contributed by atoms with Gasteiger partial charge in [0.2, 0.25) is 0 Å². The second kappa shape index (κ2) is 4.67. The van der Waals surface area contributed by atoms with Gasteiger partial charge in [-0.15, -0.1) is 0 Å². The Morgan fingerprint density at radius 1 is 1.27 bits per heavy atom. The predicted octanol–water partition coefficient (Wildman–Crippen LogP) is 2.70. The number of aliphatic hydroxyl groups is 1. The summed E-state index contributed by atoms with van der Waals surface area (Å²) < 4.78 is 0. The molecule has 0 aliphatic carbocycles. The van der Waals surface area contributed by atoms with Gasteiger partial charge in [0.1, 0.15) is 0 Å². The van der Waals surface area contributed by atoms with Gasteiger partial charge in [0.25, 0.3) is 0 Å². The van der Waals surface area contributed by atoms with Gasteiger partial charge in [0.05, 0.1) is 6.61 Å². The van der Waals surface area contributed by atoms with Gasteiger partial charge in [-0.2, -0.15) is 0 Å². The minimum Gasteiger partial charge on any atom is -0.395 e. The number of aryl methyl sites for hydroxylation is 1. The van der Waals surface area contributed by atoms with Crippen molar-refractivity contribution in [2.75, 3.05) is 18.5 Å². The highest BCUT2D eigenvalue weighted by Crippen LogP contribution is 2.26. The Morgan fingerprint density at radius 3 is 2.47 bits per heavy atom. The van der Waals surface area contributed by atoms with Gasteiger partial charge in [0.15, 0.2) is 0 Å². The van der Waals surface area contributed by atoms with E-state index in [0.717, 1.165) is 5.69 Å². The van der Waals surface area contributed by atoms with Crippen molar-refractivity contribution in [3.05, 3.63) is 29.3 Å². The fourth-order valence-corrected chi connectivity index (χ4v) is 1.47. The van der Waals surface area contributed by atoms with Gasteiger partial charge < -0.3 is 10.4 Å². The summed E-state index contributed by atoms with van der Waals surface area (Å²) in [5.74, 6) is 0. The zero-order chi connectivity index (χ0) is 11.5. The van der Waals surface area contributed by atoms with E-state index in [1.54, 1.807) is 0 Å². The average Bonchev–Trinajstić information content (AvgIpc) is 2.15. The van der Waals surface area contributed by atoms with Gasteiger partial charge in [0, 0.05) is 12.2 Å². The van der Waals surface area contributed by atoms with Crippen LogP contribution in [-0.4, -0.2) is 18.3 Å². The maximum atomic E-state index is 8.79. The molecule has 1 aromatic carbocycles. The molecule has 0 radical (unpaired) electrons. The third-order valence-electron chi connectivity index (χ3n) is 2.53. The first kappa shape index (κ1) is 12.1. The maximum absolute atomic E-state index is 8.79. The van der Waals surface area contributed by atoms with Crippen molar-refractivity contribution >= 4 is 5.69 Å². The highest BCUT2D eigenvalue weighted by atomic mass is 16.3. The second-order valence-electron chi connectivity index (χ2n) is 4.93. The zero-order valence-corrected chi connectivity index (χ0v) is 10.1. The smallest absolute Gasteiger partial charge is 0.0604 e. The number of aliphatic hydroxyl groups excluding tert-OH is 1. The van der Waals surface area contributed by atoms with Crippen LogP contribution in [0, 0.1) is 6.92 Å². The summed E-state index contributed by atoms with van der Waals surface area (Å²) in [7, 11) is 0. The number of rotatable bonds is 3. The molecule has 84 valence electrons. The molecular formula is C13H21NO. The third-order valence-corrected chi connectivity index (χ3v) is 2.53. The minimum absolute atomic E-state index is 0.166. The molecule has 2 nitrogen and oxygen atoms in total. The molecule has 0 heterocycles. The summed E-state index contributed by atoms with van der Waals surface area (Å²) in [6, 6.07) is 6.46. The fraction of sp³-hybridized carbons (Fsp3) is 0.538. The molecule has 0 aliphatic heterocycles. The lowest BCUT2D eigenvalue weighted by molar-refractivity contribution is 0.311. The molecule has 0 aromatic heterocycles. The quantitative estimate of drug-likeness (QED) is 0.798. The number of benzene rings is 1. The molecule has 0 spiro atoms. The second-order valence-corrected chi connectivity index (χ2v) is 4.93. The van der Waals surface area contributed by atoms with E-state index in [1.807, 2.05) is 0 Å². The van der Waals surface area contributed by atoms with E-state index in [-0.39, 0.29) is 12.0 Å². The number of hydrogen-bond acceptors (Lipinski definition) is 2. The van der Waals surface area contributed by atoms with Crippen LogP contribution in [-0.2, 0) is 5.41 Å². The Balaban J connectivity index is 2.95. The van der Waals surface area contributed by atoms with Crippen molar-refractivity contribution in [3.63, 3.8) is 0 Å². The SMILES string of the molecule is Cc1ccc(C(C)(C)C)cc1NCCO. The van der Waals surface area contributed by atoms with Gasteiger partial charge in [-0.1, -0.05) is 32.9 Å². The number of hydrogen-bond donors (Lipinski definition) is 2. The third kappa shape index (κ3) is 3.24. The molecule has 0 amide bonds. The van der Waals surface area contributed by atoms with Crippen LogP contribution < -0.4 is 5.32 Å². The molecule has 0 unspecified atom stereocenters. The van der Waals surface area contributed by atoms with E-state index < -0.39 is 0 Å². The molecule has 1 aromatic rings. The van der Waals surface area contributed by atoms with Crippen LogP contribution >= 0.6 is 0 Å². The van der Waals surface area contributed by atoms with Crippen LogP contribution in [0.25, 0.3) is 0 Å². The molecule has 15 heavy (non-hydrogen) atoms. The van der Waals surface area contributed by atoms with E-state index in [2.05, 4.69) is 51.2 Å².